The summed E-state index contributed by atoms with van der Waals surface area (Å²) in [5.74, 6) is 0.737. The van der Waals surface area contributed by atoms with E-state index in [1.165, 1.54) is 4.88 Å². The van der Waals surface area contributed by atoms with E-state index in [1.807, 2.05) is 24.3 Å². The lowest BCUT2D eigenvalue weighted by atomic mass is 10.3. The summed E-state index contributed by atoms with van der Waals surface area (Å²) in [6.07, 6.45) is 0. The SMILES string of the molecule is Nc1nc2c(s1)CN(CCOc1ccccc1Cl)C2. The Labute approximate surface area is 120 Å². The van der Waals surface area contributed by atoms with Crippen LogP contribution in [0.1, 0.15) is 10.6 Å². The largest absolute Gasteiger partial charge is 0.491 e. The third-order valence-corrected chi connectivity index (χ3v) is 4.26. The number of nitrogens with zero attached hydrogens (tertiary/aromatic N) is 2. The maximum Gasteiger partial charge on any atom is 0.180 e. The Bertz CT molecular complexity index is 564. The number of aromatic nitrogens is 1. The molecule has 2 N–H and O–H groups in total. The highest BCUT2D eigenvalue weighted by Gasteiger charge is 2.22. The first-order chi connectivity index (χ1) is 9.22. The van der Waals surface area contributed by atoms with Crippen molar-refractivity contribution in [1.29, 1.82) is 0 Å². The quantitative estimate of drug-likeness (QED) is 0.942. The molecule has 0 bridgehead atoms. The molecular weight excluding hydrogens is 282 g/mol. The molecule has 1 aromatic heterocycles. The molecule has 0 atom stereocenters. The average Bonchev–Trinajstić information content (AvgIpc) is 2.88. The first-order valence-corrected chi connectivity index (χ1v) is 7.25. The number of hydrogen-bond donors (Lipinski definition) is 1. The predicted octanol–water partition coefficient (Wildman–Crippen LogP) is 2.77. The van der Waals surface area contributed by atoms with Crippen LogP contribution in [-0.2, 0) is 13.1 Å². The fourth-order valence-electron chi connectivity index (χ4n) is 2.13. The lowest BCUT2D eigenvalue weighted by Crippen LogP contribution is -2.23. The van der Waals surface area contributed by atoms with Gasteiger partial charge in [-0.15, -0.1) is 11.3 Å². The molecule has 0 amide bonds. The van der Waals surface area contributed by atoms with E-state index >= 15 is 0 Å². The molecule has 0 saturated heterocycles. The molecule has 100 valence electrons. The van der Waals surface area contributed by atoms with E-state index in [4.69, 9.17) is 22.1 Å². The fourth-order valence-corrected chi connectivity index (χ4v) is 3.20. The number of nitrogens with two attached hydrogens (primary N) is 1. The van der Waals surface area contributed by atoms with Gasteiger partial charge in [-0.05, 0) is 12.1 Å². The molecule has 2 heterocycles. The molecule has 1 aliphatic rings. The van der Waals surface area contributed by atoms with Crippen molar-refractivity contribution >= 4 is 28.1 Å². The minimum absolute atomic E-state index is 0.619. The number of benzene rings is 1. The van der Waals surface area contributed by atoms with Crippen LogP contribution in [0.15, 0.2) is 24.3 Å². The van der Waals surface area contributed by atoms with Crippen LogP contribution in [0, 0.1) is 0 Å². The summed E-state index contributed by atoms with van der Waals surface area (Å²) in [4.78, 5) is 7.88. The van der Waals surface area contributed by atoms with E-state index in [9.17, 15) is 0 Å². The molecular formula is C13H14ClN3OS. The van der Waals surface area contributed by atoms with Crippen LogP contribution >= 0.6 is 22.9 Å². The molecule has 0 saturated carbocycles. The highest BCUT2D eigenvalue weighted by Crippen LogP contribution is 2.29. The zero-order chi connectivity index (χ0) is 13.2. The zero-order valence-electron chi connectivity index (χ0n) is 10.3. The van der Waals surface area contributed by atoms with E-state index in [2.05, 4.69) is 9.88 Å². The van der Waals surface area contributed by atoms with Crippen LogP contribution in [0.5, 0.6) is 5.75 Å². The normalized spacial score (nSPS) is 14.6. The number of rotatable bonds is 4. The average molecular weight is 296 g/mol. The molecule has 2 aromatic rings. The van der Waals surface area contributed by atoms with Gasteiger partial charge < -0.3 is 10.5 Å². The second-order valence-corrected chi connectivity index (χ2v) is 5.93. The van der Waals surface area contributed by atoms with Gasteiger partial charge in [0.1, 0.15) is 12.4 Å². The number of fused-ring (bicyclic) bond motifs is 1. The summed E-state index contributed by atoms with van der Waals surface area (Å²) in [5, 5.41) is 1.31. The van der Waals surface area contributed by atoms with Crippen LogP contribution in [0.4, 0.5) is 5.13 Å². The molecule has 0 aliphatic carbocycles. The van der Waals surface area contributed by atoms with Gasteiger partial charge in [0, 0.05) is 24.5 Å². The van der Waals surface area contributed by atoms with Crippen molar-refractivity contribution in [2.45, 2.75) is 13.1 Å². The second-order valence-electron chi connectivity index (χ2n) is 4.41. The van der Waals surface area contributed by atoms with Gasteiger partial charge >= 0.3 is 0 Å². The standard InChI is InChI=1S/C13H14ClN3OS/c14-9-3-1-2-4-11(9)18-6-5-17-7-10-12(8-17)19-13(15)16-10/h1-4H,5-8H2,(H2,15,16). The number of hydrogen-bond acceptors (Lipinski definition) is 5. The monoisotopic (exact) mass is 295 g/mol. The Morgan fingerprint density at radius 1 is 1.37 bits per heavy atom. The summed E-state index contributed by atoms with van der Waals surface area (Å²) in [6, 6.07) is 7.52. The Hall–Kier alpha value is -1.30. The molecule has 0 spiro atoms. The van der Waals surface area contributed by atoms with Gasteiger partial charge in [-0.2, -0.15) is 0 Å². The predicted molar refractivity (Wildman–Crippen MR) is 77.6 cm³/mol. The summed E-state index contributed by atoms with van der Waals surface area (Å²) in [7, 11) is 0. The van der Waals surface area contributed by atoms with Crippen molar-refractivity contribution in [1.82, 2.24) is 9.88 Å². The van der Waals surface area contributed by atoms with Crippen molar-refractivity contribution in [2.75, 3.05) is 18.9 Å². The van der Waals surface area contributed by atoms with Crippen molar-refractivity contribution in [2.24, 2.45) is 0 Å². The van der Waals surface area contributed by atoms with E-state index in [-0.39, 0.29) is 0 Å². The lowest BCUT2D eigenvalue weighted by Gasteiger charge is -2.15. The van der Waals surface area contributed by atoms with Gasteiger partial charge in [-0.25, -0.2) is 4.98 Å². The van der Waals surface area contributed by atoms with Crippen LogP contribution in [-0.4, -0.2) is 23.0 Å². The molecule has 0 fully saturated rings. The molecule has 1 aromatic carbocycles. The molecule has 0 radical (unpaired) electrons. The van der Waals surface area contributed by atoms with E-state index < -0.39 is 0 Å². The molecule has 1 aliphatic heterocycles. The number of halogens is 1. The third kappa shape index (κ3) is 2.83. The summed E-state index contributed by atoms with van der Waals surface area (Å²) >= 11 is 7.61. The summed E-state index contributed by atoms with van der Waals surface area (Å²) < 4.78 is 5.68. The number of anilines is 1. The Balaban J connectivity index is 1.50. The van der Waals surface area contributed by atoms with Gasteiger partial charge in [0.2, 0.25) is 0 Å². The van der Waals surface area contributed by atoms with Crippen LogP contribution < -0.4 is 10.5 Å². The van der Waals surface area contributed by atoms with Gasteiger partial charge in [0.25, 0.3) is 0 Å². The number of thiazole rings is 1. The lowest BCUT2D eigenvalue weighted by molar-refractivity contribution is 0.211. The van der Waals surface area contributed by atoms with E-state index in [0.29, 0.717) is 16.8 Å². The summed E-state index contributed by atoms with van der Waals surface area (Å²) in [6.45, 7) is 3.24. The second kappa shape index (κ2) is 5.36. The first-order valence-electron chi connectivity index (χ1n) is 6.06. The third-order valence-electron chi connectivity index (χ3n) is 3.04. The topological polar surface area (TPSA) is 51.4 Å². The summed E-state index contributed by atoms with van der Waals surface area (Å²) in [5.41, 5.74) is 6.79. The fraction of sp³-hybridized carbons (Fsp3) is 0.308. The first kappa shape index (κ1) is 12.7. The van der Waals surface area contributed by atoms with Gasteiger partial charge in [-0.3, -0.25) is 4.90 Å². The zero-order valence-corrected chi connectivity index (χ0v) is 11.9. The van der Waals surface area contributed by atoms with E-state index in [0.717, 1.165) is 31.1 Å². The molecule has 0 unspecified atom stereocenters. The van der Waals surface area contributed by atoms with Crippen LogP contribution in [0.3, 0.4) is 0 Å². The number of ether oxygens (including phenoxy) is 1. The van der Waals surface area contributed by atoms with Crippen LogP contribution in [0.2, 0.25) is 5.02 Å². The highest BCUT2D eigenvalue weighted by atomic mass is 35.5. The number of nitrogen functional groups attached to an aromatic ring is 1. The Kier molecular flexibility index (Phi) is 3.59. The van der Waals surface area contributed by atoms with Crippen molar-refractivity contribution < 1.29 is 4.74 Å². The minimum atomic E-state index is 0.619. The smallest absolute Gasteiger partial charge is 0.180 e. The maximum absolute atomic E-state index is 6.03. The molecule has 3 rings (SSSR count). The Morgan fingerprint density at radius 2 is 2.21 bits per heavy atom. The Morgan fingerprint density at radius 3 is 3.00 bits per heavy atom. The minimum Gasteiger partial charge on any atom is -0.491 e. The molecule has 4 nitrogen and oxygen atoms in total. The number of para-hydroxylation sites is 1. The van der Waals surface area contributed by atoms with Crippen molar-refractivity contribution in [3.63, 3.8) is 0 Å². The molecule has 6 heteroatoms. The van der Waals surface area contributed by atoms with Crippen LogP contribution in [0.25, 0.3) is 0 Å². The molecule has 19 heavy (non-hydrogen) atoms. The van der Waals surface area contributed by atoms with Crippen molar-refractivity contribution in [3.05, 3.63) is 39.9 Å². The van der Waals surface area contributed by atoms with Gasteiger partial charge in [-0.1, -0.05) is 23.7 Å². The van der Waals surface area contributed by atoms with Gasteiger partial charge in [0.15, 0.2) is 5.13 Å². The maximum atomic E-state index is 6.03. The van der Waals surface area contributed by atoms with E-state index in [1.54, 1.807) is 11.3 Å². The van der Waals surface area contributed by atoms with Gasteiger partial charge in [0.05, 0.1) is 10.7 Å². The highest BCUT2D eigenvalue weighted by molar-refractivity contribution is 7.15. The van der Waals surface area contributed by atoms with Crippen molar-refractivity contribution in [3.8, 4) is 5.75 Å².